The lowest BCUT2D eigenvalue weighted by Gasteiger charge is -2.28. The highest BCUT2D eigenvalue weighted by Crippen LogP contribution is 2.43. The number of halogens is 2. The Morgan fingerprint density at radius 3 is 2.34 bits per heavy atom. The number of carbonyl (C=O) groups is 1. The number of hydrogen-bond donors (Lipinski definition) is 2. The van der Waals surface area contributed by atoms with Crippen LogP contribution in [0.2, 0.25) is 0 Å². The summed E-state index contributed by atoms with van der Waals surface area (Å²) in [5, 5.41) is 0. The number of rotatable bonds is 6. The zero-order chi connectivity index (χ0) is 25.0. The minimum atomic E-state index is -2.56. The van der Waals surface area contributed by atoms with Crippen molar-refractivity contribution in [1.29, 1.82) is 0 Å². The second-order valence-electron chi connectivity index (χ2n) is 10.4. The number of allylic oxidation sites excluding steroid dienone is 2. The highest BCUT2D eigenvalue weighted by Gasteiger charge is 2.39. The maximum absolute atomic E-state index is 13.7. The Balaban J connectivity index is 1.57. The van der Waals surface area contributed by atoms with Gasteiger partial charge in [0.15, 0.2) is 5.78 Å². The number of hydrogen-bond acceptors (Lipinski definition) is 4. The van der Waals surface area contributed by atoms with E-state index in [9.17, 15) is 13.6 Å². The molecule has 2 saturated carbocycles. The molecule has 0 radical (unpaired) electrons. The van der Waals surface area contributed by atoms with Crippen LogP contribution in [0.25, 0.3) is 27.7 Å². The minimum Gasteiger partial charge on any atom is -0.402 e. The molecule has 2 aliphatic rings. The first kappa shape index (κ1) is 23.7. The average Bonchev–Trinajstić information content (AvgIpc) is 3.46. The summed E-state index contributed by atoms with van der Waals surface area (Å²) in [6.07, 6.45) is 6.60. The van der Waals surface area contributed by atoms with Crippen molar-refractivity contribution in [3.05, 3.63) is 59.5 Å². The van der Waals surface area contributed by atoms with Gasteiger partial charge in [0.1, 0.15) is 0 Å². The molecule has 0 amide bonds. The van der Waals surface area contributed by atoms with Crippen LogP contribution in [-0.2, 0) is 16.9 Å². The summed E-state index contributed by atoms with van der Waals surface area (Å²) in [5.41, 5.74) is 18.6. The second kappa shape index (κ2) is 8.55. The van der Waals surface area contributed by atoms with Crippen LogP contribution >= 0.6 is 0 Å². The lowest BCUT2D eigenvalue weighted by atomic mass is 9.87. The normalized spacial score (nSPS) is 20.0. The van der Waals surface area contributed by atoms with Crippen LogP contribution in [0.1, 0.15) is 63.5 Å². The van der Waals surface area contributed by atoms with E-state index >= 15 is 0 Å². The van der Waals surface area contributed by atoms with E-state index < -0.39 is 5.92 Å². The SMILES string of the molecule is CC(=O)C(=C(C)N)c1cnc2c(-c3ccc(C4(N)CC4)cc3)cn(CC3CCC(F)(F)CC3)c2c1. The van der Waals surface area contributed by atoms with Gasteiger partial charge in [-0.25, -0.2) is 8.78 Å². The van der Waals surface area contributed by atoms with E-state index in [0.717, 1.165) is 40.6 Å². The Kier molecular flexibility index (Phi) is 5.79. The molecule has 4 N–H and O–H groups in total. The first-order valence-electron chi connectivity index (χ1n) is 12.3. The van der Waals surface area contributed by atoms with Crippen molar-refractivity contribution in [3.63, 3.8) is 0 Å². The van der Waals surface area contributed by atoms with Gasteiger partial charge in [0.2, 0.25) is 5.92 Å². The predicted octanol–water partition coefficient (Wildman–Crippen LogP) is 5.76. The van der Waals surface area contributed by atoms with Crippen molar-refractivity contribution >= 4 is 22.4 Å². The topological polar surface area (TPSA) is 86.9 Å². The first-order chi connectivity index (χ1) is 16.6. The molecule has 5 nitrogen and oxygen atoms in total. The van der Waals surface area contributed by atoms with Crippen molar-refractivity contribution in [3.8, 4) is 11.1 Å². The van der Waals surface area contributed by atoms with E-state index in [1.807, 2.05) is 6.07 Å². The summed E-state index contributed by atoms with van der Waals surface area (Å²) in [7, 11) is 0. The number of pyridine rings is 1. The minimum absolute atomic E-state index is 0.0703. The summed E-state index contributed by atoms with van der Waals surface area (Å²) in [5.74, 6) is -2.51. The number of carbonyl (C=O) groups excluding carboxylic acids is 1. The third kappa shape index (κ3) is 4.61. The summed E-state index contributed by atoms with van der Waals surface area (Å²) in [6.45, 7) is 3.83. The van der Waals surface area contributed by atoms with Gasteiger partial charge in [-0.05, 0) is 62.6 Å². The van der Waals surface area contributed by atoms with Crippen LogP contribution in [0.4, 0.5) is 8.78 Å². The van der Waals surface area contributed by atoms with Gasteiger partial charge in [-0.3, -0.25) is 9.78 Å². The number of fused-ring (bicyclic) bond motifs is 1. The van der Waals surface area contributed by atoms with Gasteiger partial charge in [-0.15, -0.1) is 0 Å². The largest absolute Gasteiger partial charge is 0.402 e. The molecule has 184 valence electrons. The van der Waals surface area contributed by atoms with E-state index in [1.165, 1.54) is 6.92 Å². The molecule has 2 aromatic heterocycles. The van der Waals surface area contributed by atoms with Crippen LogP contribution in [0.5, 0.6) is 0 Å². The third-order valence-electron chi connectivity index (χ3n) is 7.60. The summed E-state index contributed by atoms with van der Waals surface area (Å²) >= 11 is 0. The first-order valence-corrected chi connectivity index (χ1v) is 12.3. The molecule has 2 aliphatic carbocycles. The van der Waals surface area contributed by atoms with Gasteiger partial charge in [0.25, 0.3) is 0 Å². The number of Topliss-reactive ketones (excluding diaryl/α,β-unsaturated/α-hetero) is 1. The molecule has 2 fully saturated rings. The number of alkyl halides is 2. The maximum atomic E-state index is 13.7. The van der Waals surface area contributed by atoms with Gasteiger partial charge >= 0.3 is 0 Å². The van der Waals surface area contributed by atoms with Crippen LogP contribution in [0.15, 0.2) is 48.4 Å². The molecular formula is C28H32F2N4O. The zero-order valence-corrected chi connectivity index (χ0v) is 20.3. The highest BCUT2D eigenvalue weighted by atomic mass is 19.3. The molecule has 0 aliphatic heterocycles. The van der Waals surface area contributed by atoms with Gasteiger partial charge in [0.05, 0.1) is 11.0 Å². The third-order valence-corrected chi connectivity index (χ3v) is 7.60. The second-order valence-corrected chi connectivity index (χ2v) is 10.4. The summed E-state index contributed by atoms with van der Waals surface area (Å²) < 4.78 is 29.6. The van der Waals surface area contributed by atoms with Crippen molar-refractivity contribution in [1.82, 2.24) is 9.55 Å². The quantitative estimate of drug-likeness (QED) is 0.441. The summed E-state index contributed by atoms with van der Waals surface area (Å²) in [6, 6.07) is 10.3. The van der Waals surface area contributed by atoms with Gasteiger partial charge < -0.3 is 16.0 Å². The van der Waals surface area contributed by atoms with Gasteiger partial charge in [-0.2, -0.15) is 0 Å². The Labute approximate surface area is 204 Å². The number of benzene rings is 1. The van der Waals surface area contributed by atoms with E-state index in [2.05, 4.69) is 35.0 Å². The van der Waals surface area contributed by atoms with Crippen LogP contribution in [-0.4, -0.2) is 21.3 Å². The standard InChI is InChI=1S/C28H32F2N4O/c1-17(31)25(18(2)35)21-13-24-26(33-14-21)23(20-3-5-22(6-4-20)27(32)11-12-27)16-34(24)15-19-7-9-28(29,30)10-8-19/h3-6,13-14,16,19H,7-12,15,31-32H2,1-2H3. The van der Waals surface area contributed by atoms with Crippen LogP contribution < -0.4 is 11.5 Å². The lowest BCUT2D eigenvalue weighted by Crippen LogP contribution is -2.26. The van der Waals surface area contributed by atoms with E-state index in [1.54, 1.807) is 13.1 Å². The molecule has 0 saturated heterocycles. The number of nitrogens with zero attached hydrogens (tertiary/aromatic N) is 2. The monoisotopic (exact) mass is 478 g/mol. The molecule has 35 heavy (non-hydrogen) atoms. The van der Waals surface area contributed by atoms with Crippen LogP contribution in [0.3, 0.4) is 0 Å². The Hall–Kier alpha value is -3.06. The molecule has 5 rings (SSSR count). The number of ketones is 1. The number of nitrogens with two attached hydrogens (primary N) is 2. The molecular weight excluding hydrogens is 446 g/mol. The predicted molar refractivity (Wildman–Crippen MR) is 135 cm³/mol. The molecule has 0 atom stereocenters. The molecule has 3 aromatic rings. The lowest BCUT2D eigenvalue weighted by molar-refractivity contribution is -0.111. The molecule has 0 spiro atoms. The zero-order valence-electron chi connectivity index (χ0n) is 20.3. The van der Waals surface area contributed by atoms with Crippen molar-refractivity contribution < 1.29 is 13.6 Å². The van der Waals surface area contributed by atoms with Crippen molar-refractivity contribution in [2.75, 3.05) is 0 Å². The molecule has 0 unspecified atom stereocenters. The number of aromatic nitrogens is 2. The average molecular weight is 479 g/mol. The molecule has 0 bridgehead atoms. The summed E-state index contributed by atoms with van der Waals surface area (Å²) in [4.78, 5) is 17.0. The maximum Gasteiger partial charge on any atom is 0.248 e. The smallest absolute Gasteiger partial charge is 0.248 e. The molecule has 7 heteroatoms. The fraction of sp³-hybridized carbons (Fsp3) is 0.429. The fourth-order valence-electron chi connectivity index (χ4n) is 5.34. The van der Waals surface area contributed by atoms with E-state index in [-0.39, 0.29) is 30.1 Å². The Morgan fingerprint density at radius 1 is 1.11 bits per heavy atom. The molecule has 2 heterocycles. The van der Waals surface area contributed by atoms with Gasteiger partial charge in [0, 0.05) is 59.7 Å². The van der Waals surface area contributed by atoms with Crippen LogP contribution in [0, 0.1) is 5.92 Å². The van der Waals surface area contributed by atoms with E-state index in [4.69, 9.17) is 16.5 Å². The highest BCUT2D eigenvalue weighted by molar-refractivity contribution is 6.20. The van der Waals surface area contributed by atoms with Crippen molar-refractivity contribution in [2.24, 2.45) is 17.4 Å². The van der Waals surface area contributed by atoms with Crippen molar-refractivity contribution in [2.45, 2.75) is 70.4 Å². The Morgan fingerprint density at radius 2 is 1.77 bits per heavy atom. The Bertz CT molecular complexity index is 1300. The van der Waals surface area contributed by atoms with Gasteiger partial charge in [-0.1, -0.05) is 24.3 Å². The van der Waals surface area contributed by atoms with E-state index in [0.29, 0.717) is 36.2 Å². The fourth-order valence-corrected chi connectivity index (χ4v) is 5.34. The molecule has 1 aromatic carbocycles.